The Kier molecular flexibility index (Phi) is 3.64. The van der Waals surface area contributed by atoms with E-state index in [9.17, 15) is 4.79 Å². The lowest BCUT2D eigenvalue weighted by Gasteiger charge is -2.08. The van der Waals surface area contributed by atoms with Gasteiger partial charge in [-0.3, -0.25) is 4.89 Å². The third-order valence-electron chi connectivity index (χ3n) is 2.36. The Labute approximate surface area is 98.4 Å². The maximum atomic E-state index is 11.5. The third kappa shape index (κ3) is 2.87. The van der Waals surface area contributed by atoms with Gasteiger partial charge in [0.15, 0.2) is 5.75 Å². The van der Waals surface area contributed by atoms with E-state index in [1.165, 1.54) is 0 Å². The second kappa shape index (κ2) is 5.18. The van der Waals surface area contributed by atoms with Crippen LogP contribution in [0.4, 0.5) is 0 Å². The molecule has 2 rings (SSSR count). The molecule has 0 aliphatic carbocycles. The van der Waals surface area contributed by atoms with Gasteiger partial charge in [0.1, 0.15) is 6.04 Å². The highest BCUT2D eigenvalue weighted by atomic mass is 35.5. The van der Waals surface area contributed by atoms with E-state index in [1.54, 1.807) is 24.3 Å². The standard InChI is InChI=1S/C11H12ClNO3/c12-8-3-1-4-9(7-8)15-16-11(14)10-5-2-6-13-10/h1,3-4,7,10,13H,2,5-6H2/t10-/m0/s1. The molecule has 4 nitrogen and oxygen atoms in total. The zero-order valence-electron chi connectivity index (χ0n) is 8.61. The van der Waals surface area contributed by atoms with Crippen molar-refractivity contribution in [3.63, 3.8) is 0 Å². The number of rotatable bonds is 3. The molecule has 0 aromatic heterocycles. The normalized spacial score (nSPS) is 19.4. The SMILES string of the molecule is O=C(OOc1cccc(Cl)c1)[C@@H]1CCCN1. The summed E-state index contributed by atoms with van der Waals surface area (Å²) in [6, 6.07) is 6.44. The number of halogens is 1. The number of carbonyl (C=O) groups excluding carboxylic acids is 1. The molecule has 1 aliphatic rings. The molecule has 0 bridgehead atoms. The van der Waals surface area contributed by atoms with Gasteiger partial charge < -0.3 is 5.32 Å². The van der Waals surface area contributed by atoms with Gasteiger partial charge in [0.2, 0.25) is 0 Å². The first-order valence-electron chi connectivity index (χ1n) is 5.13. The predicted molar refractivity (Wildman–Crippen MR) is 59.2 cm³/mol. The summed E-state index contributed by atoms with van der Waals surface area (Å²) in [6.07, 6.45) is 1.77. The van der Waals surface area contributed by atoms with Gasteiger partial charge in [-0.15, -0.1) is 0 Å². The Morgan fingerprint density at radius 2 is 2.38 bits per heavy atom. The van der Waals surface area contributed by atoms with Crippen molar-refractivity contribution in [3.8, 4) is 5.75 Å². The lowest BCUT2D eigenvalue weighted by Crippen LogP contribution is -2.33. The summed E-state index contributed by atoms with van der Waals surface area (Å²) in [5.74, 6) is 0.0244. The molecule has 1 atom stereocenters. The van der Waals surface area contributed by atoms with Crippen LogP contribution in [-0.4, -0.2) is 18.6 Å². The van der Waals surface area contributed by atoms with Crippen molar-refractivity contribution < 1.29 is 14.6 Å². The van der Waals surface area contributed by atoms with Crippen LogP contribution in [0.1, 0.15) is 12.8 Å². The average Bonchev–Trinajstić information content (AvgIpc) is 2.79. The molecule has 5 heteroatoms. The fraction of sp³-hybridized carbons (Fsp3) is 0.364. The van der Waals surface area contributed by atoms with Crippen LogP contribution in [0.2, 0.25) is 5.02 Å². The molecule has 0 saturated carbocycles. The van der Waals surface area contributed by atoms with Gasteiger partial charge in [-0.05, 0) is 31.5 Å². The first-order valence-corrected chi connectivity index (χ1v) is 5.51. The molecule has 1 fully saturated rings. The van der Waals surface area contributed by atoms with E-state index < -0.39 is 5.97 Å². The van der Waals surface area contributed by atoms with Crippen molar-refractivity contribution >= 4 is 17.6 Å². The quantitative estimate of drug-likeness (QED) is 0.649. The van der Waals surface area contributed by atoms with E-state index in [0.29, 0.717) is 10.8 Å². The summed E-state index contributed by atoms with van der Waals surface area (Å²) >= 11 is 5.75. The van der Waals surface area contributed by atoms with Gasteiger partial charge in [-0.1, -0.05) is 17.7 Å². The van der Waals surface area contributed by atoms with Crippen molar-refractivity contribution in [2.24, 2.45) is 0 Å². The predicted octanol–water partition coefficient (Wildman–Crippen LogP) is 1.93. The van der Waals surface area contributed by atoms with Gasteiger partial charge >= 0.3 is 5.97 Å². The number of nitrogens with one attached hydrogen (secondary N) is 1. The van der Waals surface area contributed by atoms with E-state index in [0.717, 1.165) is 19.4 Å². The van der Waals surface area contributed by atoms with Crippen molar-refractivity contribution in [3.05, 3.63) is 29.3 Å². The molecule has 16 heavy (non-hydrogen) atoms. The van der Waals surface area contributed by atoms with Gasteiger partial charge in [-0.25, -0.2) is 9.68 Å². The Balaban J connectivity index is 1.84. The number of carbonyl (C=O) groups is 1. The maximum Gasteiger partial charge on any atom is 0.372 e. The highest BCUT2D eigenvalue weighted by molar-refractivity contribution is 6.30. The molecule has 0 unspecified atom stereocenters. The van der Waals surface area contributed by atoms with E-state index in [2.05, 4.69) is 5.32 Å². The van der Waals surface area contributed by atoms with Gasteiger partial charge in [0, 0.05) is 11.1 Å². The molecule has 1 aromatic rings. The molecule has 1 heterocycles. The van der Waals surface area contributed by atoms with E-state index in [-0.39, 0.29) is 6.04 Å². The maximum absolute atomic E-state index is 11.5. The summed E-state index contributed by atoms with van der Waals surface area (Å²) in [5.41, 5.74) is 0. The largest absolute Gasteiger partial charge is 0.372 e. The monoisotopic (exact) mass is 241 g/mol. The molecular formula is C11H12ClNO3. The molecule has 1 saturated heterocycles. The topological polar surface area (TPSA) is 47.6 Å². The van der Waals surface area contributed by atoms with Gasteiger partial charge in [-0.2, -0.15) is 0 Å². The molecule has 0 amide bonds. The van der Waals surface area contributed by atoms with E-state index >= 15 is 0 Å². The fourth-order valence-corrected chi connectivity index (χ4v) is 1.73. The molecular weight excluding hydrogens is 230 g/mol. The highest BCUT2D eigenvalue weighted by Crippen LogP contribution is 2.17. The Hall–Kier alpha value is -1.26. The number of benzene rings is 1. The second-order valence-electron chi connectivity index (χ2n) is 3.59. The smallest absolute Gasteiger partial charge is 0.304 e. The number of hydrogen-bond acceptors (Lipinski definition) is 4. The van der Waals surface area contributed by atoms with Crippen LogP contribution < -0.4 is 10.2 Å². The fourth-order valence-electron chi connectivity index (χ4n) is 1.55. The summed E-state index contributed by atoms with van der Waals surface area (Å²) in [7, 11) is 0. The van der Waals surface area contributed by atoms with Crippen LogP contribution >= 0.6 is 11.6 Å². The summed E-state index contributed by atoms with van der Waals surface area (Å²) in [6.45, 7) is 0.844. The minimum absolute atomic E-state index is 0.251. The van der Waals surface area contributed by atoms with Crippen molar-refractivity contribution in [2.75, 3.05) is 6.54 Å². The highest BCUT2D eigenvalue weighted by Gasteiger charge is 2.24. The molecule has 0 spiro atoms. The Bertz CT molecular complexity index is 377. The first kappa shape index (κ1) is 11.2. The van der Waals surface area contributed by atoms with Crippen molar-refractivity contribution in [2.45, 2.75) is 18.9 Å². The molecule has 0 radical (unpaired) electrons. The zero-order valence-corrected chi connectivity index (χ0v) is 9.37. The zero-order chi connectivity index (χ0) is 11.4. The Morgan fingerprint density at radius 3 is 3.06 bits per heavy atom. The first-order chi connectivity index (χ1) is 7.75. The molecule has 1 N–H and O–H groups in total. The summed E-state index contributed by atoms with van der Waals surface area (Å²) in [4.78, 5) is 21.1. The molecule has 86 valence electrons. The van der Waals surface area contributed by atoms with Crippen LogP contribution in [0.3, 0.4) is 0 Å². The Morgan fingerprint density at radius 1 is 1.50 bits per heavy atom. The average molecular weight is 242 g/mol. The van der Waals surface area contributed by atoms with Gasteiger partial charge in [0.05, 0.1) is 0 Å². The minimum atomic E-state index is -0.391. The van der Waals surface area contributed by atoms with Crippen LogP contribution in [0.25, 0.3) is 0 Å². The minimum Gasteiger partial charge on any atom is -0.304 e. The van der Waals surface area contributed by atoms with Crippen LogP contribution in [0.15, 0.2) is 24.3 Å². The van der Waals surface area contributed by atoms with E-state index in [1.807, 2.05) is 0 Å². The lowest BCUT2D eigenvalue weighted by atomic mass is 10.2. The van der Waals surface area contributed by atoms with Crippen molar-refractivity contribution in [1.29, 1.82) is 0 Å². The van der Waals surface area contributed by atoms with Gasteiger partial charge in [0.25, 0.3) is 0 Å². The van der Waals surface area contributed by atoms with Crippen LogP contribution in [0.5, 0.6) is 5.75 Å². The second-order valence-corrected chi connectivity index (χ2v) is 4.03. The number of hydrogen-bond donors (Lipinski definition) is 1. The van der Waals surface area contributed by atoms with E-state index in [4.69, 9.17) is 21.4 Å². The summed E-state index contributed by atoms with van der Waals surface area (Å²) in [5, 5.41) is 3.56. The summed E-state index contributed by atoms with van der Waals surface area (Å²) < 4.78 is 0. The third-order valence-corrected chi connectivity index (χ3v) is 2.60. The molecule has 1 aromatic carbocycles. The molecule has 1 aliphatic heterocycles. The van der Waals surface area contributed by atoms with Crippen molar-refractivity contribution in [1.82, 2.24) is 5.32 Å². The van der Waals surface area contributed by atoms with Crippen LogP contribution in [-0.2, 0) is 9.68 Å². The van der Waals surface area contributed by atoms with Crippen LogP contribution in [0, 0.1) is 0 Å². The lowest BCUT2D eigenvalue weighted by molar-refractivity contribution is -0.215.